The number of nitrogens with zero attached hydrogens (tertiary/aromatic N) is 1. The Morgan fingerprint density at radius 3 is 2.85 bits per heavy atom. The highest BCUT2D eigenvalue weighted by molar-refractivity contribution is 5.94. The topological polar surface area (TPSA) is 44.4 Å². The third-order valence-corrected chi connectivity index (χ3v) is 4.26. The second kappa shape index (κ2) is 6.27. The highest BCUT2D eigenvalue weighted by Crippen LogP contribution is 2.29. The molecule has 4 nitrogen and oxygen atoms in total. The Balaban J connectivity index is 1.65. The first-order valence-electron chi connectivity index (χ1n) is 7.67. The summed E-state index contributed by atoms with van der Waals surface area (Å²) in [5.74, 6) is 0.638. The van der Waals surface area contributed by atoms with Gasteiger partial charge in [0.15, 0.2) is 0 Å². The van der Waals surface area contributed by atoms with Crippen LogP contribution < -0.4 is 15.5 Å². The number of anilines is 2. The zero-order chi connectivity index (χ0) is 13.8. The smallest absolute Gasteiger partial charge is 0.224 e. The summed E-state index contributed by atoms with van der Waals surface area (Å²) in [6.45, 7) is 4.21. The average Bonchev–Trinajstić information content (AvgIpc) is 3.11. The minimum absolute atomic E-state index is 0.144. The molecule has 2 aliphatic rings. The van der Waals surface area contributed by atoms with E-state index in [9.17, 15) is 4.79 Å². The molecule has 0 radical (unpaired) electrons. The summed E-state index contributed by atoms with van der Waals surface area (Å²) in [7, 11) is 0. The Bertz CT molecular complexity index is 463. The molecule has 2 heterocycles. The van der Waals surface area contributed by atoms with Crippen LogP contribution in [0.1, 0.15) is 25.7 Å². The van der Waals surface area contributed by atoms with Crippen molar-refractivity contribution in [1.82, 2.24) is 5.32 Å². The number of para-hydroxylation sites is 2. The molecule has 0 aromatic heterocycles. The molecule has 1 aromatic rings. The highest BCUT2D eigenvalue weighted by Gasteiger charge is 2.20. The third-order valence-electron chi connectivity index (χ3n) is 4.26. The number of carbonyl (C=O) groups excluding carboxylic acids is 1. The van der Waals surface area contributed by atoms with Gasteiger partial charge >= 0.3 is 0 Å². The Hall–Kier alpha value is -1.55. The molecule has 0 bridgehead atoms. The number of hydrogen-bond acceptors (Lipinski definition) is 3. The van der Waals surface area contributed by atoms with Gasteiger partial charge in [0, 0.05) is 19.5 Å². The van der Waals surface area contributed by atoms with Crippen molar-refractivity contribution in [2.75, 3.05) is 36.4 Å². The maximum Gasteiger partial charge on any atom is 0.224 e. The Kier molecular flexibility index (Phi) is 4.21. The summed E-state index contributed by atoms with van der Waals surface area (Å²) >= 11 is 0. The second-order valence-electron chi connectivity index (χ2n) is 5.82. The van der Waals surface area contributed by atoms with E-state index >= 15 is 0 Å². The molecule has 1 unspecified atom stereocenters. The first kappa shape index (κ1) is 13.4. The predicted molar refractivity (Wildman–Crippen MR) is 82.1 cm³/mol. The molecule has 1 amide bonds. The van der Waals surface area contributed by atoms with E-state index in [4.69, 9.17) is 0 Å². The summed E-state index contributed by atoms with van der Waals surface area (Å²) in [5, 5.41) is 6.42. The quantitative estimate of drug-likeness (QED) is 0.884. The molecular formula is C16H23N3O. The number of rotatable bonds is 4. The molecule has 0 spiro atoms. The SMILES string of the molecule is O=C(CC1CCNC1)Nc1ccccc1N1CCCC1. The molecule has 2 fully saturated rings. The van der Waals surface area contributed by atoms with E-state index in [0.717, 1.165) is 38.3 Å². The summed E-state index contributed by atoms with van der Waals surface area (Å²) < 4.78 is 0. The van der Waals surface area contributed by atoms with Crippen molar-refractivity contribution in [2.24, 2.45) is 5.92 Å². The van der Waals surface area contributed by atoms with Gasteiger partial charge < -0.3 is 15.5 Å². The molecule has 0 aliphatic carbocycles. The molecule has 2 aliphatic heterocycles. The maximum absolute atomic E-state index is 12.2. The van der Waals surface area contributed by atoms with Crippen LogP contribution in [0.15, 0.2) is 24.3 Å². The molecule has 4 heteroatoms. The van der Waals surface area contributed by atoms with Gasteiger partial charge in [0.25, 0.3) is 0 Å². The lowest BCUT2D eigenvalue weighted by atomic mass is 10.0. The van der Waals surface area contributed by atoms with Crippen LogP contribution in [0.25, 0.3) is 0 Å². The molecule has 20 heavy (non-hydrogen) atoms. The minimum Gasteiger partial charge on any atom is -0.370 e. The van der Waals surface area contributed by atoms with Gasteiger partial charge in [-0.15, -0.1) is 0 Å². The molecule has 1 aromatic carbocycles. The van der Waals surface area contributed by atoms with Crippen LogP contribution in [-0.2, 0) is 4.79 Å². The summed E-state index contributed by atoms with van der Waals surface area (Å²) in [6, 6.07) is 8.16. The lowest BCUT2D eigenvalue weighted by Gasteiger charge is -2.21. The van der Waals surface area contributed by atoms with Crippen molar-refractivity contribution < 1.29 is 4.79 Å². The van der Waals surface area contributed by atoms with E-state index in [2.05, 4.69) is 21.6 Å². The second-order valence-corrected chi connectivity index (χ2v) is 5.82. The van der Waals surface area contributed by atoms with Crippen LogP contribution in [0.2, 0.25) is 0 Å². The number of amides is 1. The van der Waals surface area contributed by atoms with Gasteiger partial charge in [-0.3, -0.25) is 4.79 Å². The number of nitrogens with one attached hydrogen (secondary N) is 2. The van der Waals surface area contributed by atoms with E-state index in [1.165, 1.54) is 18.5 Å². The van der Waals surface area contributed by atoms with Gasteiger partial charge in [0.1, 0.15) is 0 Å². The van der Waals surface area contributed by atoms with Crippen LogP contribution in [0.5, 0.6) is 0 Å². The standard InChI is InChI=1S/C16H23N3O/c20-16(11-13-7-8-17-12-13)18-14-5-1-2-6-15(14)19-9-3-4-10-19/h1-2,5-6,13,17H,3-4,7-12H2,(H,18,20). The van der Waals surface area contributed by atoms with Gasteiger partial charge in [0.2, 0.25) is 5.91 Å². The lowest BCUT2D eigenvalue weighted by Crippen LogP contribution is -2.22. The van der Waals surface area contributed by atoms with Crippen molar-refractivity contribution in [2.45, 2.75) is 25.7 Å². The van der Waals surface area contributed by atoms with Crippen LogP contribution >= 0.6 is 0 Å². The van der Waals surface area contributed by atoms with E-state index < -0.39 is 0 Å². The predicted octanol–water partition coefficient (Wildman–Crippen LogP) is 2.22. The molecule has 2 N–H and O–H groups in total. The molecule has 0 saturated carbocycles. The summed E-state index contributed by atoms with van der Waals surface area (Å²) in [6.07, 6.45) is 4.23. The van der Waals surface area contributed by atoms with Gasteiger partial charge in [-0.2, -0.15) is 0 Å². The van der Waals surface area contributed by atoms with E-state index in [1.54, 1.807) is 0 Å². The van der Waals surface area contributed by atoms with Crippen LogP contribution in [-0.4, -0.2) is 32.1 Å². The fourth-order valence-electron chi connectivity index (χ4n) is 3.17. The molecule has 1 atom stereocenters. The first-order chi connectivity index (χ1) is 9.83. The van der Waals surface area contributed by atoms with Crippen molar-refractivity contribution in [3.63, 3.8) is 0 Å². The summed E-state index contributed by atoms with van der Waals surface area (Å²) in [5.41, 5.74) is 2.13. The van der Waals surface area contributed by atoms with Gasteiger partial charge in [-0.05, 0) is 50.4 Å². The largest absolute Gasteiger partial charge is 0.370 e. The Morgan fingerprint density at radius 1 is 1.30 bits per heavy atom. The van der Waals surface area contributed by atoms with Gasteiger partial charge in [-0.25, -0.2) is 0 Å². The van der Waals surface area contributed by atoms with Crippen LogP contribution in [0.3, 0.4) is 0 Å². The maximum atomic E-state index is 12.2. The number of benzene rings is 1. The summed E-state index contributed by atoms with van der Waals surface area (Å²) in [4.78, 5) is 14.5. The molecule has 108 valence electrons. The molecular weight excluding hydrogens is 250 g/mol. The van der Waals surface area contributed by atoms with Crippen molar-refractivity contribution in [3.8, 4) is 0 Å². The minimum atomic E-state index is 0.144. The fraction of sp³-hybridized carbons (Fsp3) is 0.562. The van der Waals surface area contributed by atoms with E-state index in [0.29, 0.717) is 12.3 Å². The van der Waals surface area contributed by atoms with Gasteiger partial charge in [0.05, 0.1) is 11.4 Å². The van der Waals surface area contributed by atoms with Crippen molar-refractivity contribution in [3.05, 3.63) is 24.3 Å². The fourth-order valence-corrected chi connectivity index (χ4v) is 3.17. The lowest BCUT2D eigenvalue weighted by molar-refractivity contribution is -0.116. The van der Waals surface area contributed by atoms with Crippen molar-refractivity contribution in [1.29, 1.82) is 0 Å². The third kappa shape index (κ3) is 3.12. The Labute approximate surface area is 120 Å². The van der Waals surface area contributed by atoms with Gasteiger partial charge in [-0.1, -0.05) is 12.1 Å². The molecule has 2 saturated heterocycles. The highest BCUT2D eigenvalue weighted by atomic mass is 16.1. The zero-order valence-corrected chi connectivity index (χ0v) is 11.9. The monoisotopic (exact) mass is 273 g/mol. The molecule has 3 rings (SSSR count). The average molecular weight is 273 g/mol. The van der Waals surface area contributed by atoms with Crippen LogP contribution in [0.4, 0.5) is 11.4 Å². The Morgan fingerprint density at radius 2 is 2.10 bits per heavy atom. The van der Waals surface area contributed by atoms with E-state index in [-0.39, 0.29) is 5.91 Å². The van der Waals surface area contributed by atoms with Crippen LogP contribution in [0, 0.1) is 5.92 Å². The van der Waals surface area contributed by atoms with E-state index in [1.807, 2.05) is 18.2 Å². The zero-order valence-electron chi connectivity index (χ0n) is 11.9. The first-order valence-corrected chi connectivity index (χ1v) is 7.67. The number of carbonyl (C=O) groups is 1. The van der Waals surface area contributed by atoms with Crippen molar-refractivity contribution >= 4 is 17.3 Å². The number of hydrogen-bond donors (Lipinski definition) is 2. The normalized spacial score (nSPS) is 22.2.